The van der Waals surface area contributed by atoms with E-state index in [-0.39, 0.29) is 11.1 Å². The molecule has 142 valence electrons. The maximum absolute atomic E-state index is 12.5. The lowest BCUT2D eigenvalue weighted by molar-refractivity contribution is 0.248. The van der Waals surface area contributed by atoms with Gasteiger partial charge < -0.3 is 4.90 Å². The lowest BCUT2D eigenvalue weighted by atomic mass is 10.1. The predicted molar refractivity (Wildman–Crippen MR) is 107 cm³/mol. The highest BCUT2D eigenvalue weighted by Gasteiger charge is 2.23. The summed E-state index contributed by atoms with van der Waals surface area (Å²) in [4.78, 5) is 24.8. The third-order valence-electron chi connectivity index (χ3n) is 4.98. The summed E-state index contributed by atoms with van der Waals surface area (Å²) in [6, 6.07) is 10.5. The van der Waals surface area contributed by atoms with Gasteiger partial charge in [0.05, 0.1) is 11.7 Å². The van der Waals surface area contributed by atoms with Crippen LogP contribution >= 0.6 is 0 Å². The molecule has 0 radical (unpaired) electrons. The van der Waals surface area contributed by atoms with Crippen LogP contribution in [0.3, 0.4) is 0 Å². The minimum atomic E-state index is -0.228. The van der Waals surface area contributed by atoms with E-state index in [2.05, 4.69) is 64.9 Å². The van der Waals surface area contributed by atoms with Crippen molar-refractivity contribution in [1.82, 2.24) is 24.6 Å². The molecule has 3 aromatic rings. The average molecular weight is 366 g/mol. The van der Waals surface area contributed by atoms with Crippen LogP contribution in [0.2, 0.25) is 0 Å². The van der Waals surface area contributed by atoms with Crippen molar-refractivity contribution in [1.29, 1.82) is 0 Å². The molecular weight excluding hydrogens is 340 g/mol. The number of fused-ring (bicyclic) bond motifs is 1. The van der Waals surface area contributed by atoms with E-state index in [9.17, 15) is 4.79 Å². The Labute approximate surface area is 158 Å². The number of aromatic amines is 1. The molecule has 1 aliphatic heterocycles. The Hall–Kier alpha value is -2.67. The van der Waals surface area contributed by atoms with E-state index in [0.29, 0.717) is 17.0 Å². The van der Waals surface area contributed by atoms with Crippen LogP contribution in [0.1, 0.15) is 26.3 Å². The standard InChI is InChI=1S/C20H26N6O/c1-20(2,3)26-17-16(13-21-26)18(27)23-19(22-17)25-11-9-24(10-12-25)14-15-7-5-4-6-8-15/h4-8,13H,9-12,14H2,1-3H3,(H,22,23,27). The fourth-order valence-electron chi connectivity index (χ4n) is 3.51. The normalized spacial score (nSPS) is 16.2. The number of hydrogen-bond acceptors (Lipinski definition) is 5. The molecule has 1 saturated heterocycles. The Bertz CT molecular complexity index is 977. The number of aromatic nitrogens is 4. The first kappa shape index (κ1) is 17.7. The van der Waals surface area contributed by atoms with Crippen LogP contribution in [0.5, 0.6) is 0 Å². The second-order valence-electron chi connectivity index (χ2n) is 8.10. The average Bonchev–Trinajstić information content (AvgIpc) is 3.08. The van der Waals surface area contributed by atoms with Crippen molar-refractivity contribution >= 4 is 17.0 Å². The molecule has 2 aromatic heterocycles. The first-order chi connectivity index (χ1) is 12.9. The molecule has 4 rings (SSSR count). The smallest absolute Gasteiger partial charge is 0.263 e. The summed E-state index contributed by atoms with van der Waals surface area (Å²) in [5.41, 5.74) is 1.62. The van der Waals surface area contributed by atoms with Gasteiger partial charge in [-0.3, -0.25) is 14.7 Å². The Morgan fingerprint density at radius 3 is 2.44 bits per heavy atom. The summed E-state index contributed by atoms with van der Waals surface area (Å²) in [6.07, 6.45) is 1.61. The van der Waals surface area contributed by atoms with E-state index in [4.69, 9.17) is 4.98 Å². The van der Waals surface area contributed by atoms with Gasteiger partial charge in [-0.05, 0) is 26.3 Å². The van der Waals surface area contributed by atoms with E-state index < -0.39 is 0 Å². The highest BCUT2D eigenvalue weighted by Crippen LogP contribution is 2.20. The van der Waals surface area contributed by atoms with Crippen LogP contribution in [-0.4, -0.2) is 50.8 Å². The molecule has 0 aliphatic carbocycles. The summed E-state index contributed by atoms with van der Waals surface area (Å²) in [7, 11) is 0. The number of nitrogens with zero attached hydrogens (tertiary/aromatic N) is 5. The highest BCUT2D eigenvalue weighted by molar-refractivity contribution is 5.74. The van der Waals surface area contributed by atoms with Gasteiger partial charge in [0.15, 0.2) is 5.65 Å². The molecule has 1 fully saturated rings. The van der Waals surface area contributed by atoms with E-state index in [1.807, 2.05) is 10.7 Å². The molecule has 1 aliphatic rings. The molecule has 7 heteroatoms. The second-order valence-corrected chi connectivity index (χ2v) is 8.10. The molecule has 0 atom stereocenters. The minimum Gasteiger partial charge on any atom is -0.340 e. The van der Waals surface area contributed by atoms with Crippen LogP contribution < -0.4 is 10.5 Å². The predicted octanol–water partition coefficient (Wildman–Crippen LogP) is 2.20. The maximum Gasteiger partial charge on any atom is 0.263 e. The quantitative estimate of drug-likeness (QED) is 0.769. The molecule has 0 spiro atoms. The van der Waals surface area contributed by atoms with Gasteiger partial charge in [-0.1, -0.05) is 30.3 Å². The van der Waals surface area contributed by atoms with Crippen molar-refractivity contribution in [2.45, 2.75) is 32.9 Å². The summed E-state index contributed by atoms with van der Waals surface area (Å²) >= 11 is 0. The fraction of sp³-hybridized carbons (Fsp3) is 0.450. The van der Waals surface area contributed by atoms with Gasteiger partial charge in [0.2, 0.25) is 5.95 Å². The molecule has 1 aromatic carbocycles. The third-order valence-corrected chi connectivity index (χ3v) is 4.98. The van der Waals surface area contributed by atoms with Gasteiger partial charge in [0.25, 0.3) is 5.56 Å². The van der Waals surface area contributed by atoms with E-state index in [1.54, 1.807) is 6.20 Å². The molecule has 0 unspecified atom stereocenters. The summed E-state index contributed by atoms with van der Waals surface area (Å²) < 4.78 is 1.83. The monoisotopic (exact) mass is 366 g/mol. The first-order valence-electron chi connectivity index (χ1n) is 9.41. The van der Waals surface area contributed by atoms with E-state index in [1.165, 1.54) is 5.56 Å². The third kappa shape index (κ3) is 3.60. The van der Waals surface area contributed by atoms with Gasteiger partial charge in [0, 0.05) is 32.7 Å². The van der Waals surface area contributed by atoms with Gasteiger partial charge in [-0.2, -0.15) is 10.1 Å². The Kier molecular flexibility index (Phi) is 4.47. The lowest BCUT2D eigenvalue weighted by Crippen LogP contribution is -2.47. The molecule has 0 bridgehead atoms. The van der Waals surface area contributed by atoms with Gasteiger partial charge in [-0.15, -0.1) is 0 Å². The van der Waals surface area contributed by atoms with Gasteiger partial charge in [0.1, 0.15) is 5.39 Å². The molecule has 3 heterocycles. The zero-order valence-corrected chi connectivity index (χ0v) is 16.1. The van der Waals surface area contributed by atoms with Gasteiger partial charge >= 0.3 is 0 Å². The van der Waals surface area contributed by atoms with Crippen molar-refractivity contribution < 1.29 is 0 Å². The summed E-state index contributed by atoms with van der Waals surface area (Å²) in [5, 5.41) is 4.92. The summed E-state index contributed by atoms with van der Waals surface area (Å²) in [5.74, 6) is 0.637. The molecule has 7 nitrogen and oxygen atoms in total. The van der Waals surface area contributed by atoms with Crippen LogP contribution in [0.15, 0.2) is 41.3 Å². The minimum absolute atomic E-state index is 0.128. The molecule has 0 amide bonds. The number of benzene rings is 1. The maximum atomic E-state index is 12.5. The van der Waals surface area contributed by atoms with Crippen molar-refractivity contribution in [3.63, 3.8) is 0 Å². The Morgan fingerprint density at radius 1 is 1.07 bits per heavy atom. The number of nitrogens with one attached hydrogen (secondary N) is 1. The second kappa shape index (κ2) is 6.81. The lowest BCUT2D eigenvalue weighted by Gasteiger charge is -2.35. The van der Waals surface area contributed by atoms with Crippen molar-refractivity contribution in [2.24, 2.45) is 0 Å². The summed E-state index contributed by atoms with van der Waals surface area (Å²) in [6.45, 7) is 10.7. The van der Waals surface area contributed by atoms with Crippen LogP contribution in [0, 0.1) is 0 Å². The SMILES string of the molecule is CC(C)(C)n1ncc2c(=O)[nH]c(N3CCN(Cc4ccccc4)CC3)nc21. The Balaban J connectivity index is 1.53. The van der Waals surface area contributed by atoms with Crippen LogP contribution in [0.4, 0.5) is 5.95 Å². The molecule has 1 N–H and O–H groups in total. The van der Waals surface area contributed by atoms with Crippen LogP contribution in [0.25, 0.3) is 11.0 Å². The largest absolute Gasteiger partial charge is 0.340 e. The number of rotatable bonds is 3. The van der Waals surface area contributed by atoms with E-state index >= 15 is 0 Å². The number of H-pyrrole nitrogens is 1. The van der Waals surface area contributed by atoms with Crippen LogP contribution in [-0.2, 0) is 12.1 Å². The van der Waals surface area contributed by atoms with E-state index in [0.717, 1.165) is 32.7 Å². The topological polar surface area (TPSA) is 70.1 Å². The van der Waals surface area contributed by atoms with Crippen molar-refractivity contribution in [3.8, 4) is 0 Å². The number of hydrogen-bond donors (Lipinski definition) is 1. The number of piperazine rings is 1. The number of anilines is 1. The Morgan fingerprint density at radius 2 is 1.78 bits per heavy atom. The first-order valence-corrected chi connectivity index (χ1v) is 9.41. The zero-order chi connectivity index (χ0) is 19.0. The highest BCUT2D eigenvalue weighted by atomic mass is 16.1. The van der Waals surface area contributed by atoms with Crippen molar-refractivity contribution in [3.05, 3.63) is 52.4 Å². The van der Waals surface area contributed by atoms with Crippen molar-refractivity contribution in [2.75, 3.05) is 31.1 Å². The molecule has 0 saturated carbocycles. The fourth-order valence-corrected chi connectivity index (χ4v) is 3.51. The molecule has 27 heavy (non-hydrogen) atoms. The van der Waals surface area contributed by atoms with Gasteiger partial charge in [-0.25, -0.2) is 4.68 Å². The zero-order valence-electron chi connectivity index (χ0n) is 16.1. The molecular formula is C20H26N6O.